The van der Waals surface area contributed by atoms with Gasteiger partial charge in [0, 0.05) is 38.9 Å². The van der Waals surface area contributed by atoms with Gasteiger partial charge in [-0.1, -0.05) is 102 Å². The van der Waals surface area contributed by atoms with Crippen molar-refractivity contribution in [3.05, 3.63) is 24.3 Å². The van der Waals surface area contributed by atoms with E-state index in [1.807, 2.05) is 24.3 Å². The predicted molar refractivity (Wildman–Crippen MR) is 136 cm³/mol. The summed E-state index contributed by atoms with van der Waals surface area (Å²) >= 11 is 0. The third-order valence-electron chi connectivity index (χ3n) is 5.36. The minimum atomic E-state index is -0.405. The van der Waals surface area contributed by atoms with E-state index < -0.39 is 12.6 Å². The van der Waals surface area contributed by atoms with E-state index >= 15 is 0 Å². The van der Waals surface area contributed by atoms with Crippen molar-refractivity contribution in [2.75, 3.05) is 13.2 Å². The van der Waals surface area contributed by atoms with E-state index in [-0.39, 0.29) is 0 Å². The largest absolute Gasteiger partial charge is 0.352 e. The number of rotatable bonds is 26. The molecule has 0 amide bonds. The number of unbranched alkanes of at least 4 members (excludes halogenated alkanes) is 10. The van der Waals surface area contributed by atoms with Gasteiger partial charge in [0.15, 0.2) is 12.6 Å². The first-order chi connectivity index (χ1) is 16.3. The second-order valence-corrected chi connectivity index (χ2v) is 8.49. The Kier molecular flexibility index (Phi) is 25.9. The zero-order valence-corrected chi connectivity index (χ0v) is 21.4. The first-order valence-corrected chi connectivity index (χ1v) is 13.3. The highest BCUT2D eigenvalue weighted by atomic mass is 16.8. The maximum Gasteiger partial charge on any atom is 0.164 e. The molecular weight excluding hydrogens is 416 g/mol. The standard InChI is InChI=1S/C28H50O5/c1-3-5-7-9-11-19-25-31-27(21-15-13-17-23-29)33-28(22-16-14-18-24-30)32-26-20-12-10-8-6-4-2/h13-16,23-24,27-28H,3-12,17-22,25-26H2,1-2H3. The van der Waals surface area contributed by atoms with Crippen molar-refractivity contribution in [3.8, 4) is 0 Å². The van der Waals surface area contributed by atoms with Crippen LogP contribution in [0.2, 0.25) is 0 Å². The summed E-state index contributed by atoms with van der Waals surface area (Å²) in [6, 6.07) is 0. The van der Waals surface area contributed by atoms with E-state index in [0.717, 1.165) is 25.4 Å². The fourth-order valence-electron chi connectivity index (χ4n) is 3.41. The van der Waals surface area contributed by atoms with E-state index in [0.29, 0.717) is 38.9 Å². The Hall–Kier alpha value is -1.30. The molecule has 0 aliphatic heterocycles. The lowest BCUT2D eigenvalue weighted by Gasteiger charge is -2.24. The van der Waals surface area contributed by atoms with Gasteiger partial charge in [0.25, 0.3) is 0 Å². The van der Waals surface area contributed by atoms with Gasteiger partial charge in [-0.05, 0) is 12.8 Å². The minimum Gasteiger partial charge on any atom is -0.352 e. The summed E-state index contributed by atoms with van der Waals surface area (Å²) in [5.74, 6) is 0. The number of carbonyl (C=O) groups is 2. The van der Waals surface area contributed by atoms with Gasteiger partial charge >= 0.3 is 0 Å². The molecule has 0 N–H and O–H groups in total. The van der Waals surface area contributed by atoms with Gasteiger partial charge in [-0.3, -0.25) is 0 Å². The van der Waals surface area contributed by atoms with Crippen LogP contribution in [0.4, 0.5) is 0 Å². The molecule has 5 nitrogen and oxygen atoms in total. The number of aldehydes is 2. The second kappa shape index (κ2) is 26.9. The predicted octanol–water partition coefficient (Wildman–Crippen LogP) is 7.48. The lowest BCUT2D eigenvalue weighted by atomic mass is 10.1. The summed E-state index contributed by atoms with van der Waals surface area (Å²) in [5, 5.41) is 0. The number of carbonyl (C=O) groups excluding carboxylic acids is 2. The lowest BCUT2D eigenvalue weighted by molar-refractivity contribution is -0.243. The monoisotopic (exact) mass is 466 g/mol. The minimum absolute atomic E-state index is 0.399. The van der Waals surface area contributed by atoms with Crippen LogP contribution < -0.4 is 0 Å². The number of allylic oxidation sites excluding steroid dienone is 2. The number of hydrogen-bond donors (Lipinski definition) is 0. The quantitative estimate of drug-likeness (QED) is 0.0572. The van der Waals surface area contributed by atoms with Crippen molar-refractivity contribution in [2.24, 2.45) is 0 Å². The van der Waals surface area contributed by atoms with Crippen LogP contribution >= 0.6 is 0 Å². The molecule has 5 heteroatoms. The fourth-order valence-corrected chi connectivity index (χ4v) is 3.41. The molecule has 0 spiro atoms. The highest BCUT2D eigenvalue weighted by molar-refractivity contribution is 5.52. The Balaban J connectivity index is 4.61. The molecule has 0 aliphatic carbocycles. The second-order valence-electron chi connectivity index (χ2n) is 8.49. The highest BCUT2D eigenvalue weighted by Gasteiger charge is 2.16. The molecule has 0 heterocycles. The van der Waals surface area contributed by atoms with Crippen LogP contribution in [0.25, 0.3) is 0 Å². The van der Waals surface area contributed by atoms with Gasteiger partial charge in [0.1, 0.15) is 12.6 Å². The van der Waals surface area contributed by atoms with Crippen LogP contribution in [-0.2, 0) is 23.8 Å². The molecule has 0 radical (unpaired) electrons. The Morgan fingerprint density at radius 3 is 1.33 bits per heavy atom. The number of hydrogen-bond acceptors (Lipinski definition) is 5. The highest BCUT2D eigenvalue weighted by Crippen LogP contribution is 2.14. The van der Waals surface area contributed by atoms with Crippen LogP contribution in [0.5, 0.6) is 0 Å². The Morgan fingerprint density at radius 1 is 0.545 bits per heavy atom. The van der Waals surface area contributed by atoms with E-state index in [4.69, 9.17) is 14.2 Å². The van der Waals surface area contributed by atoms with Crippen LogP contribution in [0, 0.1) is 0 Å². The smallest absolute Gasteiger partial charge is 0.164 e. The van der Waals surface area contributed by atoms with Crippen molar-refractivity contribution in [1.82, 2.24) is 0 Å². The van der Waals surface area contributed by atoms with E-state index in [1.54, 1.807) is 0 Å². The van der Waals surface area contributed by atoms with Gasteiger partial charge in [0.2, 0.25) is 0 Å². The van der Waals surface area contributed by atoms with Crippen molar-refractivity contribution < 1.29 is 23.8 Å². The summed E-state index contributed by atoms with van der Waals surface area (Å²) in [6.45, 7) is 5.76. The third kappa shape index (κ3) is 23.6. The Labute approximate surface area is 203 Å². The fraction of sp³-hybridized carbons (Fsp3) is 0.786. The van der Waals surface area contributed by atoms with Crippen molar-refractivity contribution >= 4 is 12.6 Å². The van der Waals surface area contributed by atoms with Crippen molar-refractivity contribution in [3.63, 3.8) is 0 Å². The SMILES string of the molecule is CCCCCCCCOC(CC=CCC=O)OC(CC=CCC=O)OCCCCCCCC. The first kappa shape index (κ1) is 31.7. The number of ether oxygens (including phenoxy) is 3. The van der Waals surface area contributed by atoms with Gasteiger partial charge in [-0.25, -0.2) is 0 Å². The first-order valence-electron chi connectivity index (χ1n) is 13.3. The summed E-state index contributed by atoms with van der Waals surface area (Å²) in [5.41, 5.74) is 0. The van der Waals surface area contributed by atoms with Crippen LogP contribution in [-0.4, -0.2) is 38.4 Å². The molecule has 192 valence electrons. The molecule has 2 atom stereocenters. The Bertz CT molecular complexity index is 433. The van der Waals surface area contributed by atoms with E-state index in [9.17, 15) is 9.59 Å². The molecule has 0 aromatic heterocycles. The van der Waals surface area contributed by atoms with Gasteiger partial charge in [-0.2, -0.15) is 0 Å². The normalized spacial score (nSPS) is 13.6. The molecule has 0 saturated heterocycles. The molecule has 0 saturated carbocycles. The zero-order chi connectivity index (χ0) is 24.2. The molecule has 0 rings (SSSR count). The average Bonchev–Trinajstić information content (AvgIpc) is 2.82. The molecule has 0 bridgehead atoms. The molecular formula is C28H50O5. The molecule has 0 fully saturated rings. The van der Waals surface area contributed by atoms with Gasteiger partial charge in [-0.15, -0.1) is 0 Å². The lowest BCUT2D eigenvalue weighted by Crippen LogP contribution is -2.27. The molecule has 0 aliphatic rings. The summed E-state index contributed by atoms with van der Waals surface area (Å²) in [6.07, 6.45) is 25.0. The van der Waals surface area contributed by atoms with Gasteiger partial charge < -0.3 is 23.8 Å². The summed E-state index contributed by atoms with van der Waals surface area (Å²) < 4.78 is 18.3. The van der Waals surface area contributed by atoms with E-state index in [2.05, 4.69) is 13.8 Å². The van der Waals surface area contributed by atoms with E-state index in [1.165, 1.54) is 64.2 Å². The molecule has 0 aromatic carbocycles. The van der Waals surface area contributed by atoms with Crippen molar-refractivity contribution in [1.29, 1.82) is 0 Å². The average molecular weight is 467 g/mol. The molecule has 0 aromatic rings. The van der Waals surface area contributed by atoms with Gasteiger partial charge in [0.05, 0.1) is 0 Å². The molecule has 2 unspecified atom stereocenters. The summed E-state index contributed by atoms with van der Waals surface area (Å²) in [7, 11) is 0. The summed E-state index contributed by atoms with van der Waals surface area (Å²) in [4.78, 5) is 21.2. The molecule has 33 heavy (non-hydrogen) atoms. The van der Waals surface area contributed by atoms with Crippen LogP contribution in [0.1, 0.15) is 117 Å². The van der Waals surface area contributed by atoms with Crippen LogP contribution in [0.3, 0.4) is 0 Å². The topological polar surface area (TPSA) is 61.8 Å². The van der Waals surface area contributed by atoms with Crippen LogP contribution in [0.15, 0.2) is 24.3 Å². The Morgan fingerprint density at radius 2 is 0.939 bits per heavy atom. The van der Waals surface area contributed by atoms with Crippen molar-refractivity contribution in [2.45, 2.75) is 129 Å². The maximum atomic E-state index is 10.6. The third-order valence-corrected chi connectivity index (χ3v) is 5.36. The zero-order valence-electron chi connectivity index (χ0n) is 21.4. The maximum absolute atomic E-state index is 10.6.